The van der Waals surface area contributed by atoms with Gasteiger partial charge in [-0.05, 0) is 30.3 Å². The number of aliphatic hydroxyl groups is 1. The van der Waals surface area contributed by atoms with Gasteiger partial charge in [0.2, 0.25) is 0 Å². The highest BCUT2D eigenvalue weighted by Gasteiger charge is 2.17. The van der Waals surface area contributed by atoms with Crippen LogP contribution in [-0.4, -0.2) is 10.1 Å². The zero-order chi connectivity index (χ0) is 17.3. The van der Waals surface area contributed by atoms with Gasteiger partial charge in [-0.15, -0.1) is 0 Å². The van der Waals surface area contributed by atoms with Gasteiger partial charge in [0.15, 0.2) is 23.3 Å². The van der Waals surface area contributed by atoms with Crippen molar-refractivity contribution in [3.63, 3.8) is 0 Å². The Balaban J connectivity index is 2.23. The quantitative estimate of drug-likeness (QED) is 0.718. The molecule has 0 saturated carbocycles. The van der Waals surface area contributed by atoms with Crippen molar-refractivity contribution in [2.45, 2.75) is 6.61 Å². The van der Waals surface area contributed by atoms with Crippen LogP contribution in [0.4, 0.5) is 17.6 Å². The van der Waals surface area contributed by atoms with E-state index in [4.69, 9.17) is 0 Å². The van der Waals surface area contributed by atoms with Gasteiger partial charge >= 0.3 is 0 Å². The number of hydrogen-bond acceptors (Lipinski definition) is 2. The second-order valence-corrected chi connectivity index (χ2v) is 5.07. The number of pyridine rings is 1. The number of nitrogens with zero attached hydrogens (tertiary/aromatic N) is 1. The van der Waals surface area contributed by atoms with Gasteiger partial charge < -0.3 is 5.11 Å². The average Bonchev–Trinajstić information content (AvgIpc) is 2.59. The fourth-order valence-corrected chi connectivity index (χ4v) is 2.39. The van der Waals surface area contributed by atoms with Crippen LogP contribution >= 0.6 is 0 Å². The molecule has 2 aromatic carbocycles. The first-order chi connectivity index (χ1) is 11.5. The van der Waals surface area contributed by atoms with Crippen molar-refractivity contribution in [1.82, 2.24) is 4.98 Å². The first kappa shape index (κ1) is 16.1. The monoisotopic (exact) mass is 333 g/mol. The Morgan fingerprint density at radius 1 is 0.750 bits per heavy atom. The lowest BCUT2D eigenvalue weighted by Crippen LogP contribution is -2.00. The van der Waals surface area contributed by atoms with Crippen LogP contribution in [0.15, 0.2) is 48.5 Å². The third-order valence-electron chi connectivity index (χ3n) is 3.58. The van der Waals surface area contributed by atoms with E-state index in [0.29, 0.717) is 0 Å². The molecule has 24 heavy (non-hydrogen) atoms. The molecule has 0 spiro atoms. The summed E-state index contributed by atoms with van der Waals surface area (Å²) in [6.45, 7) is -0.468. The molecule has 0 unspecified atom stereocenters. The molecule has 0 atom stereocenters. The molecule has 0 amide bonds. The van der Waals surface area contributed by atoms with Gasteiger partial charge in [0.25, 0.3) is 0 Å². The zero-order valence-electron chi connectivity index (χ0n) is 12.2. The lowest BCUT2D eigenvalue weighted by molar-refractivity contribution is 0.282. The van der Waals surface area contributed by atoms with Crippen LogP contribution in [0.3, 0.4) is 0 Å². The number of hydrogen-bond donors (Lipinski definition) is 1. The van der Waals surface area contributed by atoms with E-state index in [1.807, 2.05) is 0 Å². The molecule has 0 aliphatic rings. The van der Waals surface area contributed by atoms with Crippen molar-refractivity contribution in [2.75, 3.05) is 0 Å². The van der Waals surface area contributed by atoms with Crippen LogP contribution in [0, 0.1) is 23.3 Å². The third kappa shape index (κ3) is 2.76. The Morgan fingerprint density at radius 3 is 1.96 bits per heavy atom. The normalized spacial score (nSPS) is 10.9. The van der Waals surface area contributed by atoms with Gasteiger partial charge in [0, 0.05) is 16.7 Å². The van der Waals surface area contributed by atoms with Crippen molar-refractivity contribution >= 4 is 0 Å². The number of halogens is 4. The van der Waals surface area contributed by atoms with E-state index < -0.39 is 29.9 Å². The summed E-state index contributed by atoms with van der Waals surface area (Å²) in [7, 11) is 0. The average molecular weight is 333 g/mol. The van der Waals surface area contributed by atoms with Gasteiger partial charge in [-0.25, -0.2) is 22.5 Å². The topological polar surface area (TPSA) is 33.1 Å². The number of aromatic nitrogens is 1. The number of rotatable bonds is 3. The van der Waals surface area contributed by atoms with Crippen molar-refractivity contribution in [2.24, 2.45) is 0 Å². The first-order valence-electron chi connectivity index (χ1n) is 7.02. The van der Waals surface area contributed by atoms with Gasteiger partial charge in [-0.3, -0.25) is 0 Å². The van der Waals surface area contributed by atoms with E-state index >= 15 is 0 Å². The molecule has 1 heterocycles. The standard InChI is InChI=1S/C18H11F4NO/c19-13-5-1-3-11(16(13)21)15-8-7-10(9-24)18(23-15)12-4-2-6-14(20)17(12)22/h1-8,24H,9H2. The van der Waals surface area contributed by atoms with Crippen LogP contribution in [0.1, 0.15) is 5.56 Å². The molecule has 0 bridgehead atoms. The maximum atomic E-state index is 14.1. The predicted molar refractivity (Wildman–Crippen MR) is 80.9 cm³/mol. The van der Waals surface area contributed by atoms with E-state index in [0.717, 1.165) is 12.1 Å². The molecule has 1 N–H and O–H groups in total. The molecular weight excluding hydrogens is 322 g/mol. The molecule has 6 heteroatoms. The molecule has 122 valence electrons. The molecule has 0 saturated heterocycles. The molecule has 0 aliphatic heterocycles. The van der Waals surface area contributed by atoms with Crippen LogP contribution < -0.4 is 0 Å². The largest absolute Gasteiger partial charge is 0.392 e. The van der Waals surface area contributed by atoms with E-state index in [1.54, 1.807) is 0 Å². The van der Waals surface area contributed by atoms with Crippen molar-refractivity contribution in [1.29, 1.82) is 0 Å². The van der Waals surface area contributed by atoms with Crippen molar-refractivity contribution < 1.29 is 22.7 Å². The summed E-state index contributed by atoms with van der Waals surface area (Å²) in [4.78, 5) is 4.11. The SMILES string of the molecule is OCc1ccc(-c2cccc(F)c2F)nc1-c1cccc(F)c1F. The molecule has 3 aromatic rings. The lowest BCUT2D eigenvalue weighted by Gasteiger charge is -2.11. The van der Waals surface area contributed by atoms with Crippen LogP contribution in [-0.2, 0) is 6.61 Å². The second kappa shape index (κ2) is 6.41. The minimum absolute atomic E-state index is 0.0318. The summed E-state index contributed by atoms with van der Waals surface area (Å²) < 4.78 is 54.9. The fourth-order valence-electron chi connectivity index (χ4n) is 2.39. The smallest absolute Gasteiger partial charge is 0.168 e. The van der Waals surface area contributed by atoms with E-state index in [2.05, 4.69) is 4.98 Å². The van der Waals surface area contributed by atoms with E-state index in [-0.39, 0.29) is 28.1 Å². The van der Waals surface area contributed by atoms with E-state index in [1.165, 1.54) is 36.4 Å². The Hall–Kier alpha value is -2.73. The van der Waals surface area contributed by atoms with Crippen LogP contribution in [0.2, 0.25) is 0 Å². The molecular formula is C18H11F4NO. The highest BCUT2D eigenvalue weighted by atomic mass is 19.2. The van der Waals surface area contributed by atoms with Gasteiger partial charge in [-0.1, -0.05) is 18.2 Å². The van der Waals surface area contributed by atoms with Crippen molar-refractivity contribution in [3.05, 3.63) is 77.4 Å². The maximum absolute atomic E-state index is 14.1. The Morgan fingerprint density at radius 2 is 1.33 bits per heavy atom. The first-order valence-corrected chi connectivity index (χ1v) is 7.02. The Kier molecular flexibility index (Phi) is 4.31. The summed E-state index contributed by atoms with van der Waals surface area (Å²) in [6.07, 6.45) is 0. The summed E-state index contributed by atoms with van der Waals surface area (Å²) >= 11 is 0. The summed E-state index contributed by atoms with van der Waals surface area (Å²) in [5.41, 5.74) is -0.0335. The van der Waals surface area contributed by atoms with Crippen molar-refractivity contribution in [3.8, 4) is 22.5 Å². The maximum Gasteiger partial charge on any atom is 0.168 e. The highest BCUT2D eigenvalue weighted by molar-refractivity contribution is 5.69. The fraction of sp³-hybridized carbons (Fsp3) is 0.0556. The van der Waals surface area contributed by atoms with Gasteiger partial charge in [0.05, 0.1) is 18.0 Å². The Labute approximate surface area is 135 Å². The summed E-state index contributed by atoms with van der Waals surface area (Å²) in [6, 6.07) is 9.94. The highest BCUT2D eigenvalue weighted by Crippen LogP contribution is 2.30. The molecule has 1 aromatic heterocycles. The molecule has 0 aliphatic carbocycles. The molecule has 2 nitrogen and oxygen atoms in total. The minimum Gasteiger partial charge on any atom is -0.392 e. The third-order valence-corrected chi connectivity index (χ3v) is 3.58. The molecule has 0 fully saturated rings. The number of aliphatic hydroxyl groups excluding tert-OH is 1. The Bertz CT molecular complexity index is 912. The van der Waals surface area contributed by atoms with Gasteiger partial charge in [0.1, 0.15) is 0 Å². The van der Waals surface area contributed by atoms with Crippen LogP contribution in [0.25, 0.3) is 22.5 Å². The zero-order valence-corrected chi connectivity index (χ0v) is 12.2. The molecule has 3 rings (SSSR count). The van der Waals surface area contributed by atoms with E-state index in [9.17, 15) is 22.7 Å². The van der Waals surface area contributed by atoms with Gasteiger partial charge in [-0.2, -0.15) is 0 Å². The molecule has 0 radical (unpaired) electrons. The summed E-state index contributed by atoms with van der Waals surface area (Å²) in [5.74, 6) is -4.33. The summed E-state index contributed by atoms with van der Waals surface area (Å²) in [5, 5.41) is 9.41. The minimum atomic E-state index is -1.13. The lowest BCUT2D eigenvalue weighted by atomic mass is 10.0. The van der Waals surface area contributed by atoms with Crippen LogP contribution in [0.5, 0.6) is 0 Å². The predicted octanol–water partition coefficient (Wildman–Crippen LogP) is 4.46. The second-order valence-electron chi connectivity index (χ2n) is 5.07. The number of benzene rings is 2.